The first-order valence-corrected chi connectivity index (χ1v) is 9.90. The SMILES string of the molecule is Cc1cccc2nc(C(C)Nc3ncnc4nc[nH]c34)n(Nc3ccc[nH]c3=O)c(=O)c12. The van der Waals surface area contributed by atoms with Crippen LogP contribution in [-0.4, -0.2) is 34.6 Å². The summed E-state index contributed by atoms with van der Waals surface area (Å²) in [5, 5.41) is 3.74. The van der Waals surface area contributed by atoms with Gasteiger partial charge in [-0.25, -0.2) is 24.6 Å². The van der Waals surface area contributed by atoms with Crippen LogP contribution >= 0.6 is 0 Å². The molecule has 0 fully saturated rings. The Balaban J connectivity index is 1.67. The van der Waals surface area contributed by atoms with Crippen molar-refractivity contribution in [2.24, 2.45) is 0 Å². The number of H-pyrrole nitrogens is 2. The molecular weight excluding hydrogens is 410 g/mol. The third kappa shape index (κ3) is 3.25. The third-order valence-corrected chi connectivity index (χ3v) is 5.15. The highest BCUT2D eigenvalue weighted by Crippen LogP contribution is 2.22. The minimum Gasteiger partial charge on any atom is -0.358 e. The molecule has 5 aromatic rings. The zero-order valence-electron chi connectivity index (χ0n) is 17.2. The van der Waals surface area contributed by atoms with Crippen molar-refractivity contribution >= 4 is 33.6 Å². The summed E-state index contributed by atoms with van der Waals surface area (Å²) in [4.78, 5) is 48.6. The van der Waals surface area contributed by atoms with E-state index in [1.54, 1.807) is 18.2 Å². The summed E-state index contributed by atoms with van der Waals surface area (Å²) < 4.78 is 1.29. The van der Waals surface area contributed by atoms with E-state index in [0.29, 0.717) is 33.7 Å². The molecule has 11 nitrogen and oxygen atoms in total. The number of nitrogens with one attached hydrogen (secondary N) is 4. The Kier molecular flexibility index (Phi) is 4.62. The van der Waals surface area contributed by atoms with Crippen LogP contribution in [0.15, 0.2) is 58.8 Å². The molecule has 0 amide bonds. The molecule has 0 saturated carbocycles. The van der Waals surface area contributed by atoms with Gasteiger partial charge < -0.3 is 15.3 Å². The first kappa shape index (κ1) is 19.4. The van der Waals surface area contributed by atoms with E-state index in [-0.39, 0.29) is 16.8 Å². The Labute approximate surface area is 180 Å². The Morgan fingerprint density at radius 3 is 2.78 bits per heavy atom. The first-order valence-electron chi connectivity index (χ1n) is 9.90. The summed E-state index contributed by atoms with van der Waals surface area (Å²) in [6.07, 6.45) is 4.46. The Morgan fingerprint density at radius 2 is 1.94 bits per heavy atom. The molecule has 1 unspecified atom stereocenters. The molecule has 160 valence electrons. The molecule has 0 spiro atoms. The number of rotatable bonds is 5. The van der Waals surface area contributed by atoms with E-state index in [9.17, 15) is 9.59 Å². The number of anilines is 2. The van der Waals surface area contributed by atoms with Gasteiger partial charge >= 0.3 is 0 Å². The molecule has 0 bridgehead atoms. The summed E-state index contributed by atoms with van der Waals surface area (Å²) in [5.41, 5.74) is 4.99. The smallest absolute Gasteiger partial charge is 0.280 e. The number of benzene rings is 1. The van der Waals surface area contributed by atoms with Crippen molar-refractivity contribution in [3.8, 4) is 0 Å². The normalized spacial score (nSPS) is 12.2. The summed E-state index contributed by atoms with van der Waals surface area (Å²) in [6, 6.07) is 8.29. The van der Waals surface area contributed by atoms with Gasteiger partial charge in [-0.15, -0.1) is 0 Å². The summed E-state index contributed by atoms with van der Waals surface area (Å²) in [5.74, 6) is 0.894. The molecule has 4 heterocycles. The molecular formula is C21H19N9O2. The number of nitrogens with zero attached hydrogens (tertiary/aromatic N) is 5. The third-order valence-electron chi connectivity index (χ3n) is 5.15. The lowest BCUT2D eigenvalue weighted by Crippen LogP contribution is -2.35. The number of aromatic amines is 2. The predicted octanol–water partition coefficient (Wildman–Crippen LogP) is 2.11. The Hall–Kier alpha value is -4.54. The molecule has 4 N–H and O–H groups in total. The molecule has 4 aromatic heterocycles. The van der Waals surface area contributed by atoms with Gasteiger partial charge in [0.15, 0.2) is 17.3 Å². The average molecular weight is 429 g/mol. The van der Waals surface area contributed by atoms with E-state index < -0.39 is 6.04 Å². The lowest BCUT2D eigenvalue weighted by molar-refractivity contribution is 0.700. The molecule has 0 saturated heterocycles. The van der Waals surface area contributed by atoms with E-state index >= 15 is 0 Å². The highest BCUT2D eigenvalue weighted by molar-refractivity contribution is 5.83. The van der Waals surface area contributed by atoms with Crippen LogP contribution in [-0.2, 0) is 0 Å². The molecule has 0 aliphatic carbocycles. The number of hydrogen-bond donors (Lipinski definition) is 4. The van der Waals surface area contributed by atoms with Crippen molar-refractivity contribution in [3.63, 3.8) is 0 Å². The minimum atomic E-state index is -0.468. The number of aromatic nitrogens is 7. The summed E-state index contributed by atoms with van der Waals surface area (Å²) >= 11 is 0. The first-order chi connectivity index (χ1) is 15.5. The van der Waals surface area contributed by atoms with Gasteiger partial charge in [0.25, 0.3) is 11.1 Å². The molecule has 5 rings (SSSR count). The van der Waals surface area contributed by atoms with E-state index in [4.69, 9.17) is 4.98 Å². The van der Waals surface area contributed by atoms with E-state index in [2.05, 4.69) is 35.7 Å². The minimum absolute atomic E-state index is 0.218. The highest BCUT2D eigenvalue weighted by atomic mass is 16.1. The quantitative estimate of drug-likeness (QED) is 0.332. The van der Waals surface area contributed by atoms with Crippen molar-refractivity contribution in [2.75, 3.05) is 10.7 Å². The van der Waals surface area contributed by atoms with Gasteiger partial charge in [-0.1, -0.05) is 12.1 Å². The summed E-state index contributed by atoms with van der Waals surface area (Å²) in [7, 11) is 0. The predicted molar refractivity (Wildman–Crippen MR) is 121 cm³/mol. The van der Waals surface area contributed by atoms with Gasteiger partial charge in [-0.3, -0.25) is 15.0 Å². The molecule has 0 radical (unpaired) electrons. The van der Waals surface area contributed by atoms with E-state index in [1.807, 2.05) is 26.0 Å². The number of fused-ring (bicyclic) bond motifs is 2. The second-order valence-corrected chi connectivity index (χ2v) is 7.29. The van der Waals surface area contributed by atoms with Crippen LogP contribution in [0.4, 0.5) is 11.5 Å². The van der Waals surface area contributed by atoms with Crippen molar-refractivity contribution in [1.82, 2.24) is 34.6 Å². The van der Waals surface area contributed by atoms with Crippen LogP contribution in [0.2, 0.25) is 0 Å². The molecule has 32 heavy (non-hydrogen) atoms. The maximum absolute atomic E-state index is 13.5. The van der Waals surface area contributed by atoms with Crippen LogP contribution in [0, 0.1) is 6.92 Å². The number of pyridine rings is 1. The monoisotopic (exact) mass is 429 g/mol. The van der Waals surface area contributed by atoms with Crippen molar-refractivity contribution in [2.45, 2.75) is 19.9 Å². The summed E-state index contributed by atoms with van der Waals surface area (Å²) in [6.45, 7) is 3.70. The van der Waals surface area contributed by atoms with Gasteiger partial charge in [0.2, 0.25) is 0 Å². The highest BCUT2D eigenvalue weighted by Gasteiger charge is 2.20. The molecule has 0 aliphatic rings. The van der Waals surface area contributed by atoms with Gasteiger partial charge in [-0.2, -0.15) is 0 Å². The average Bonchev–Trinajstić information content (AvgIpc) is 3.27. The fourth-order valence-electron chi connectivity index (χ4n) is 3.59. The molecule has 1 atom stereocenters. The number of aryl methyl sites for hydroxylation is 1. The van der Waals surface area contributed by atoms with Crippen molar-refractivity contribution < 1.29 is 0 Å². The largest absolute Gasteiger partial charge is 0.358 e. The van der Waals surface area contributed by atoms with E-state index in [1.165, 1.54) is 23.5 Å². The lowest BCUT2D eigenvalue weighted by atomic mass is 10.1. The lowest BCUT2D eigenvalue weighted by Gasteiger charge is -2.21. The zero-order chi connectivity index (χ0) is 22.2. The fraction of sp³-hybridized carbons (Fsp3) is 0.143. The maximum Gasteiger partial charge on any atom is 0.280 e. The second kappa shape index (κ2) is 7.61. The van der Waals surface area contributed by atoms with Crippen LogP contribution in [0.3, 0.4) is 0 Å². The van der Waals surface area contributed by atoms with Gasteiger partial charge in [-0.05, 0) is 37.6 Å². The standard InChI is InChI=1S/C21H19N9O2/c1-11-5-3-6-13-15(11)21(32)30(29-14-7-4-8-22-20(14)31)19(28-13)12(2)27-18-16-17(24-9-23-16)25-10-26-18/h3-10,12,29H,1-2H3,(H,22,31)(H2,23,24,25,26,27). The van der Waals surface area contributed by atoms with Crippen molar-refractivity contribution in [3.05, 3.63) is 81.3 Å². The number of hydrogen-bond acceptors (Lipinski definition) is 8. The Bertz CT molecular complexity index is 1570. The van der Waals surface area contributed by atoms with Crippen LogP contribution in [0.5, 0.6) is 0 Å². The maximum atomic E-state index is 13.5. The second-order valence-electron chi connectivity index (χ2n) is 7.29. The van der Waals surface area contributed by atoms with Gasteiger partial charge in [0.1, 0.15) is 17.5 Å². The van der Waals surface area contributed by atoms with Crippen LogP contribution in [0.1, 0.15) is 24.4 Å². The van der Waals surface area contributed by atoms with Crippen LogP contribution in [0.25, 0.3) is 22.1 Å². The number of imidazole rings is 1. The molecule has 0 aliphatic heterocycles. The zero-order valence-corrected chi connectivity index (χ0v) is 17.2. The van der Waals surface area contributed by atoms with Crippen LogP contribution < -0.4 is 21.9 Å². The fourth-order valence-corrected chi connectivity index (χ4v) is 3.59. The molecule has 1 aromatic carbocycles. The van der Waals surface area contributed by atoms with E-state index in [0.717, 1.165) is 5.56 Å². The topological polar surface area (TPSA) is 146 Å². The van der Waals surface area contributed by atoms with Gasteiger partial charge in [0.05, 0.1) is 23.3 Å². The molecule has 11 heteroatoms. The van der Waals surface area contributed by atoms with Gasteiger partial charge in [0, 0.05) is 6.20 Å². The Morgan fingerprint density at radius 1 is 1.06 bits per heavy atom. The van der Waals surface area contributed by atoms with Crippen molar-refractivity contribution in [1.29, 1.82) is 0 Å².